The zero-order valence-corrected chi connectivity index (χ0v) is 9.28. The molecule has 2 N–H and O–H groups in total. The fourth-order valence-electron chi connectivity index (χ4n) is 1.50. The molecule has 2 rings (SSSR count). The van der Waals surface area contributed by atoms with Crippen molar-refractivity contribution in [2.75, 3.05) is 0 Å². The van der Waals surface area contributed by atoms with E-state index in [0.29, 0.717) is 23.7 Å². The lowest BCUT2D eigenvalue weighted by Gasteiger charge is -2.07. The van der Waals surface area contributed by atoms with Crippen molar-refractivity contribution in [1.29, 1.82) is 0 Å². The highest BCUT2D eigenvalue weighted by molar-refractivity contribution is 6.31. The van der Waals surface area contributed by atoms with Gasteiger partial charge in [0.15, 0.2) is 0 Å². The Hall–Kier alpha value is -1.39. The standard InChI is InChI=1S/C11H11ClFN3/c12-11-2-1-9(13)5-8(11)7-16-10(6-14)3-4-15-16/h1-5H,6-7,14H2. The largest absolute Gasteiger partial charge is 0.325 e. The molecule has 84 valence electrons. The molecule has 3 nitrogen and oxygen atoms in total. The molecule has 1 heterocycles. The van der Waals surface area contributed by atoms with E-state index in [2.05, 4.69) is 5.10 Å². The summed E-state index contributed by atoms with van der Waals surface area (Å²) in [5.41, 5.74) is 7.13. The van der Waals surface area contributed by atoms with E-state index in [0.717, 1.165) is 5.69 Å². The van der Waals surface area contributed by atoms with Crippen LogP contribution in [-0.2, 0) is 13.1 Å². The third kappa shape index (κ3) is 2.23. The molecule has 5 heteroatoms. The number of hydrogen-bond donors (Lipinski definition) is 1. The summed E-state index contributed by atoms with van der Waals surface area (Å²) in [5, 5.41) is 4.64. The molecule has 0 saturated carbocycles. The molecule has 0 spiro atoms. The Morgan fingerprint density at radius 1 is 1.38 bits per heavy atom. The number of nitrogens with two attached hydrogens (primary N) is 1. The van der Waals surface area contributed by atoms with Crippen molar-refractivity contribution >= 4 is 11.6 Å². The second-order valence-corrected chi connectivity index (χ2v) is 3.83. The van der Waals surface area contributed by atoms with Crippen molar-refractivity contribution < 1.29 is 4.39 Å². The van der Waals surface area contributed by atoms with Gasteiger partial charge in [0.05, 0.1) is 12.2 Å². The number of benzene rings is 1. The number of nitrogens with zero attached hydrogens (tertiary/aromatic N) is 2. The number of halogens is 2. The molecule has 1 aromatic heterocycles. The van der Waals surface area contributed by atoms with Crippen molar-refractivity contribution in [2.24, 2.45) is 5.73 Å². The van der Waals surface area contributed by atoms with Gasteiger partial charge in [-0.1, -0.05) is 11.6 Å². The molecule has 0 unspecified atom stereocenters. The Balaban J connectivity index is 2.30. The van der Waals surface area contributed by atoms with Crippen molar-refractivity contribution in [1.82, 2.24) is 9.78 Å². The zero-order chi connectivity index (χ0) is 11.5. The molecule has 0 saturated heterocycles. The summed E-state index contributed by atoms with van der Waals surface area (Å²) in [5.74, 6) is -0.305. The Kier molecular flexibility index (Phi) is 3.22. The van der Waals surface area contributed by atoms with E-state index < -0.39 is 0 Å². The molecule has 0 aliphatic heterocycles. The van der Waals surface area contributed by atoms with Crippen molar-refractivity contribution in [2.45, 2.75) is 13.1 Å². The fraction of sp³-hybridized carbons (Fsp3) is 0.182. The molecule has 0 bridgehead atoms. The fourth-order valence-corrected chi connectivity index (χ4v) is 1.68. The van der Waals surface area contributed by atoms with Crippen molar-refractivity contribution in [3.05, 3.63) is 52.6 Å². The van der Waals surface area contributed by atoms with E-state index in [1.165, 1.54) is 18.2 Å². The van der Waals surface area contributed by atoms with Gasteiger partial charge in [-0.05, 0) is 29.8 Å². The molecular formula is C11H11ClFN3. The van der Waals surface area contributed by atoms with Crippen molar-refractivity contribution in [3.8, 4) is 0 Å². The third-order valence-electron chi connectivity index (χ3n) is 2.34. The summed E-state index contributed by atoms with van der Waals surface area (Å²) in [4.78, 5) is 0. The summed E-state index contributed by atoms with van der Waals surface area (Å²) in [6.07, 6.45) is 1.66. The molecular weight excluding hydrogens is 229 g/mol. The number of rotatable bonds is 3. The molecule has 0 fully saturated rings. The molecule has 16 heavy (non-hydrogen) atoms. The van der Waals surface area contributed by atoms with Crippen LogP contribution in [0.4, 0.5) is 4.39 Å². The van der Waals surface area contributed by atoms with Crippen molar-refractivity contribution in [3.63, 3.8) is 0 Å². The zero-order valence-electron chi connectivity index (χ0n) is 8.53. The van der Waals surface area contributed by atoms with Gasteiger partial charge in [-0.25, -0.2) is 4.39 Å². The highest BCUT2D eigenvalue weighted by atomic mass is 35.5. The van der Waals surface area contributed by atoms with Crippen LogP contribution in [0.1, 0.15) is 11.3 Å². The molecule has 0 atom stereocenters. The van der Waals surface area contributed by atoms with Crippen LogP contribution < -0.4 is 5.73 Å². The van der Waals surface area contributed by atoms with E-state index in [1.807, 2.05) is 6.07 Å². The van der Waals surface area contributed by atoms with E-state index in [-0.39, 0.29) is 5.82 Å². The maximum atomic E-state index is 13.0. The predicted molar refractivity (Wildman–Crippen MR) is 60.6 cm³/mol. The summed E-state index contributed by atoms with van der Waals surface area (Å²) in [6, 6.07) is 6.11. The van der Waals surface area contributed by atoms with Crippen LogP contribution in [-0.4, -0.2) is 9.78 Å². The normalized spacial score (nSPS) is 10.7. The van der Waals surface area contributed by atoms with E-state index in [1.54, 1.807) is 10.9 Å². The lowest BCUT2D eigenvalue weighted by Crippen LogP contribution is -2.10. The second-order valence-electron chi connectivity index (χ2n) is 3.42. The van der Waals surface area contributed by atoms with E-state index >= 15 is 0 Å². The molecule has 1 aromatic carbocycles. The monoisotopic (exact) mass is 239 g/mol. The van der Waals surface area contributed by atoms with E-state index in [4.69, 9.17) is 17.3 Å². The van der Waals surface area contributed by atoms with Crippen LogP contribution in [0.5, 0.6) is 0 Å². The molecule has 2 aromatic rings. The Labute approximate surface area is 97.6 Å². The predicted octanol–water partition coefficient (Wildman–Crippen LogP) is 2.18. The summed E-state index contributed by atoms with van der Waals surface area (Å²) < 4.78 is 14.8. The Morgan fingerprint density at radius 3 is 2.94 bits per heavy atom. The van der Waals surface area contributed by atoms with Gasteiger partial charge in [-0.15, -0.1) is 0 Å². The number of aromatic nitrogens is 2. The summed E-state index contributed by atoms with van der Waals surface area (Å²) in [7, 11) is 0. The average molecular weight is 240 g/mol. The van der Waals surface area contributed by atoms with Crippen LogP contribution in [0.25, 0.3) is 0 Å². The van der Waals surface area contributed by atoms with Gasteiger partial charge >= 0.3 is 0 Å². The average Bonchev–Trinajstić information content (AvgIpc) is 2.71. The van der Waals surface area contributed by atoms with Gasteiger partial charge in [0.25, 0.3) is 0 Å². The Bertz CT molecular complexity index is 496. The maximum absolute atomic E-state index is 13.0. The van der Waals surface area contributed by atoms with Gasteiger partial charge < -0.3 is 5.73 Å². The minimum absolute atomic E-state index is 0.305. The van der Waals surface area contributed by atoms with Gasteiger partial charge in [0.1, 0.15) is 5.82 Å². The minimum atomic E-state index is -0.305. The first-order chi connectivity index (χ1) is 7.70. The molecule has 0 radical (unpaired) electrons. The molecule has 0 amide bonds. The van der Waals surface area contributed by atoms with Crippen LogP contribution >= 0.6 is 11.6 Å². The quantitative estimate of drug-likeness (QED) is 0.892. The summed E-state index contributed by atoms with van der Waals surface area (Å²) >= 11 is 5.97. The molecule has 0 aliphatic rings. The smallest absolute Gasteiger partial charge is 0.123 e. The highest BCUT2D eigenvalue weighted by Crippen LogP contribution is 2.18. The topological polar surface area (TPSA) is 43.8 Å². The lowest BCUT2D eigenvalue weighted by molar-refractivity contribution is 0.613. The first kappa shape index (κ1) is 11.1. The van der Waals surface area contributed by atoms with Gasteiger partial charge in [0.2, 0.25) is 0 Å². The minimum Gasteiger partial charge on any atom is -0.325 e. The lowest BCUT2D eigenvalue weighted by atomic mass is 10.2. The number of hydrogen-bond acceptors (Lipinski definition) is 2. The van der Waals surface area contributed by atoms with Gasteiger partial charge in [-0.3, -0.25) is 4.68 Å². The van der Waals surface area contributed by atoms with E-state index in [9.17, 15) is 4.39 Å². The highest BCUT2D eigenvalue weighted by Gasteiger charge is 2.06. The van der Waals surface area contributed by atoms with Crippen LogP contribution in [0.3, 0.4) is 0 Å². The van der Waals surface area contributed by atoms with Gasteiger partial charge in [-0.2, -0.15) is 5.10 Å². The molecule has 0 aliphatic carbocycles. The van der Waals surface area contributed by atoms with Crippen LogP contribution in [0.15, 0.2) is 30.5 Å². The SMILES string of the molecule is NCc1ccnn1Cc1cc(F)ccc1Cl. The first-order valence-electron chi connectivity index (χ1n) is 4.85. The Morgan fingerprint density at radius 2 is 2.19 bits per heavy atom. The summed E-state index contributed by atoms with van der Waals surface area (Å²) in [6.45, 7) is 0.822. The van der Waals surface area contributed by atoms with Crippen LogP contribution in [0.2, 0.25) is 5.02 Å². The van der Waals surface area contributed by atoms with Crippen LogP contribution in [0, 0.1) is 5.82 Å². The second kappa shape index (κ2) is 4.63. The third-order valence-corrected chi connectivity index (χ3v) is 2.71. The van der Waals surface area contributed by atoms with Gasteiger partial charge in [0, 0.05) is 17.8 Å². The maximum Gasteiger partial charge on any atom is 0.123 e. The first-order valence-corrected chi connectivity index (χ1v) is 5.23.